The van der Waals surface area contributed by atoms with Gasteiger partial charge >= 0.3 is 12.1 Å². The summed E-state index contributed by atoms with van der Waals surface area (Å²) in [6, 6.07) is 16.1. The van der Waals surface area contributed by atoms with Crippen molar-refractivity contribution in [1.82, 2.24) is 10.6 Å². The first-order valence-corrected chi connectivity index (χ1v) is 12.0. The maximum absolute atomic E-state index is 12.3. The zero-order chi connectivity index (χ0) is 24.1. The van der Waals surface area contributed by atoms with Gasteiger partial charge in [-0.1, -0.05) is 61.9 Å². The number of rotatable bonds is 9. The number of fused-ring (bicyclic) bond motifs is 3. The van der Waals surface area contributed by atoms with Crippen molar-refractivity contribution in [2.45, 2.75) is 51.0 Å². The average molecular weight is 465 g/mol. The molecule has 1 saturated carbocycles. The number of ether oxygens (including phenoxy) is 1. The largest absolute Gasteiger partial charge is 0.481 e. The molecular weight excluding hydrogens is 432 g/mol. The second-order valence-electron chi connectivity index (χ2n) is 9.40. The Morgan fingerprint density at radius 2 is 1.68 bits per heavy atom. The summed E-state index contributed by atoms with van der Waals surface area (Å²) >= 11 is 0. The van der Waals surface area contributed by atoms with E-state index < -0.39 is 18.0 Å². The van der Waals surface area contributed by atoms with E-state index in [2.05, 4.69) is 34.9 Å². The zero-order valence-corrected chi connectivity index (χ0v) is 19.5. The second-order valence-corrected chi connectivity index (χ2v) is 9.40. The fourth-order valence-electron chi connectivity index (χ4n) is 5.09. The summed E-state index contributed by atoms with van der Waals surface area (Å²) in [5.74, 6) is -1.36. The van der Waals surface area contributed by atoms with Gasteiger partial charge in [0.25, 0.3) is 0 Å². The standard InChI is InChI=1S/C27H32N2O5/c1-17(13-14-25(30)29-24-12-6-11-22(24)26(31)32)15-28-27(33)34-16-23-20-9-4-2-7-18(20)19-8-3-5-10-21(19)23/h2-5,7-10,17,22-24H,6,11-16H2,1H3,(H,28,33)(H,29,30)(H,31,32). The molecule has 0 aliphatic heterocycles. The Hall–Kier alpha value is -3.35. The van der Waals surface area contributed by atoms with Gasteiger partial charge in [-0.05, 0) is 47.4 Å². The van der Waals surface area contributed by atoms with Crippen LogP contribution in [0.4, 0.5) is 4.79 Å². The monoisotopic (exact) mass is 464 g/mol. The molecule has 180 valence electrons. The second kappa shape index (κ2) is 10.7. The molecule has 7 heteroatoms. The number of alkyl carbamates (subject to hydrolysis) is 1. The molecule has 3 unspecified atom stereocenters. The Bertz CT molecular complexity index is 1010. The Balaban J connectivity index is 1.19. The van der Waals surface area contributed by atoms with Gasteiger partial charge in [-0.25, -0.2) is 4.79 Å². The molecule has 0 aromatic heterocycles. The molecule has 4 rings (SSSR count). The summed E-state index contributed by atoms with van der Waals surface area (Å²) in [5, 5.41) is 14.9. The molecule has 0 bridgehead atoms. The number of hydrogen-bond donors (Lipinski definition) is 3. The average Bonchev–Trinajstić information content (AvgIpc) is 3.43. The number of nitrogens with one attached hydrogen (secondary N) is 2. The highest BCUT2D eigenvalue weighted by atomic mass is 16.5. The molecule has 0 heterocycles. The molecule has 3 N–H and O–H groups in total. The third-order valence-corrected chi connectivity index (χ3v) is 6.98. The van der Waals surface area contributed by atoms with Crippen LogP contribution >= 0.6 is 0 Å². The molecule has 7 nitrogen and oxygen atoms in total. The van der Waals surface area contributed by atoms with Crippen molar-refractivity contribution < 1.29 is 24.2 Å². The normalized spacial score (nSPS) is 19.7. The Labute approximate surface area is 199 Å². The third kappa shape index (κ3) is 5.41. The van der Waals surface area contributed by atoms with Crippen molar-refractivity contribution in [3.63, 3.8) is 0 Å². The fourth-order valence-corrected chi connectivity index (χ4v) is 5.09. The predicted molar refractivity (Wildman–Crippen MR) is 128 cm³/mol. The van der Waals surface area contributed by atoms with E-state index in [1.165, 1.54) is 22.3 Å². The number of carboxylic acids is 1. The van der Waals surface area contributed by atoms with Crippen molar-refractivity contribution in [1.29, 1.82) is 0 Å². The highest BCUT2D eigenvalue weighted by Gasteiger charge is 2.33. The summed E-state index contributed by atoms with van der Waals surface area (Å²) < 4.78 is 5.55. The van der Waals surface area contributed by atoms with Crippen LogP contribution in [0.2, 0.25) is 0 Å². The first-order valence-electron chi connectivity index (χ1n) is 12.0. The van der Waals surface area contributed by atoms with Gasteiger partial charge in [0.2, 0.25) is 5.91 Å². The lowest BCUT2D eigenvalue weighted by molar-refractivity contribution is -0.142. The van der Waals surface area contributed by atoms with Gasteiger partial charge in [-0.2, -0.15) is 0 Å². The minimum Gasteiger partial charge on any atom is -0.481 e. The van der Waals surface area contributed by atoms with E-state index in [0.717, 1.165) is 6.42 Å². The number of benzene rings is 2. The molecule has 2 amide bonds. The molecule has 2 aliphatic carbocycles. The van der Waals surface area contributed by atoms with E-state index in [1.807, 2.05) is 31.2 Å². The quantitative estimate of drug-likeness (QED) is 0.513. The highest BCUT2D eigenvalue weighted by Crippen LogP contribution is 2.44. The van der Waals surface area contributed by atoms with Gasteiger partial charge in [-0.3, -0.25) is 9.59 Å². The molecule has 3 atom stereocenters. The fraction of sp³-hybridized carbons (Fsp3) is 0.444. The van der Waals surface area contributed by atoms with Crippen LogP contribution in [0.15, 0.2) is 48.5 Å². The van der Waals surface area contributed by atoms with Crippen molar-refractivity contribution in [3.8, 4) is 11.1 Å². The van der Waals surface area contributed by atoms with Crippen LogP contribution in [0.5, 0.6) is 0 Å². The summed E-state index contributed by atoms with van der Waals surface area (Å²) in [6.07, 6.45) is 2.58. The van der Waals surface area contributed by atoms with Gasteiger partial charge in [0.05, 0.1) is 5.92 Å². The van der Waals surface area contributed by atoms with Crippen LogP contribution in [0.25, 0.3) is 11.1 Å². The number of amides is 2. The lowest BCUT2D eigenvalue weighted by atomic mass is 9.98. The number of carbonyl (C=O) groups is 3. The van der Waals surface area contributed by atoms with Crippen molar-refractivity contribution in [2.24, 2.45) is 11.8 Å². The molecule has 34 heavy (non-hydrogen) atoms. The van der Waals surface area contributed by atoms with E-state index in [9.17, 15) is 19.5 Å². The van der Waals surface area contributed by atoms with E-state index in [4.69, 9.17) is 4.74 Å². The molecular formula is C27H32N2O5. The lowest BCUT2D eigenvalue weighted by Gasteiger charge is -2.19. The van der Waals surface area contributed by atoms with Gasteiger partial charge in [0.1, 0.15) is 6.61 Å². The molecule has 2 aromatic carbocycles. The van der Waals surface area contributed by atoms with Crippen LogP contribution in [0, 0.1) is 11.8 Å². The maximum atomic E-state index is 12.3. The molecule has 0 saturated heterocycles. The van der Waals surface area contributed by atoms with E-state index in [-0.39, 0.29) is 30.4 Å². The van der Waals surface area contributed by atoms with Crippen LogP contribution in [0.1, 0.15) is 56.1 Å². The van der Waals surface area contributed by atoms with E-state index in [0.29, 0.717) is 32.2 Å². The van der Waals surface area contributed by atoms with Gasteiger partial charge in [0.15, 0.2) is 0 Å². The smallest absolute Gasteiger partial charge is 0.407 e. The maximum Gasteiger partial charge on any atom is 0.407 e. The van der Waals surface area contributed by atoms with Crippen LogP contribution in [0.3, 0.4) is 0 Å². The Morgan fingerprint density at radius 3 is 2.32 bits per heavy atom. The van der Waals surface area contributed by atoms with Crippen molar-refractivity contribution in [2.75, 3.05) is 13.2 Å². The minimum absolute atomic E-state index is 0.0180. The molecule has 0 spiro atoms. The van der Waals surface area contributed by atoms with Crippen LogP contribution < -0.4 is 10.6 Å². The highest BCUT2D eigenvalue weighted by molar-refractivity contribution is 5.79. The van der Waals surface area contributed by atoms with Crippen LogP contribution in [-0.2, 0) is 14.3 Å². The number of carbonyl (C=O) groups excluding carboxylic acids is 2. The third-order valence-electron chi connectivity index (χ3n) is 6.98. The van der Waals surface area contributed by atoms with Crippen molar-refractivity contribution >= 4 is 18.0 Å². The molecule has 0 radical (unpaired) electrons. The minimum atomic E-state index is -0.844. The van der Waals surface area contributed by atoms with Gasteiger partial charge < -0.3 is 20.5 Å². The summed E-state index contributed by atoms with van der Waals surface area (Å²) in [5.41, 5.74) is 4.71. The van der Waals surface area contributed by atoms with E-state index in [1.54, 1.807) is 0 Å². The predicted octanol–water partition coefficient (Wildman–Crippen LogP) is 4.31. The molecule has 2 aromatic rings. The van der Waals surface area contributed by atoms with E-state index >= 15 is 0 Å². The van der Waals surface area contributed by atoms with Gasteiger partial charge in [0, 0.05) is 24.9 Å². The summed E-state index contributed by atoms with van der Waals surface area (Å²) in [6.45, 7) is 2.64. The summed E-state index contributed by atoms with van der Waals surface area (Å²) in [4.78, 5) is 35.8. The zero-order valence-electron chi connectivity index (χ0n) is 19.5. The van der Waals surface area contributed by atoms with Crippen molar-refractivity contribution in [3.05, 3.63) is 59.7 Å². The number of hydrogen-bond acceptors (Lipinski definition) is 4. The van der Waals surface area contributed by atoms with Crippen LogP contribution in [-0.4, -0.2) is 42.3 Å². The first-order chi connectivity index (χ1) is 16.4. The topological polar surface area (TPSA) is 105 Å². The van der Waals surface area contributed by atoms with Gasteiger partial charge in [-0.15, -0.1) is 0 Å². The summed E-state index contributed by atoms with van der Waals surface area (Å²) in [7, 11) is 0. The molecule has 1 fully saturated rings. The SMILES string of the molecule is CC(CCC(=O)NC1CCCC1C(=O)O)CNC(=O)OCC1c2ccccc2-c2ccccc21. The Morgan fingerprint density at radius 1 is 1.03 bits per heavy atom. The molecule has 2 aliphatic rings. The lowest BCUT2D eigenvalue weighted by Crippen LogP contribution is -2.40. The number of aliphatic carboxylic acids is 1. The Kier molecular flexibility index (Phi) is 7.50. The number of carboxylic acid groups (broad SMARTS) is 1. The first kappa shape index (κ1) is 23.8.